The molecule has 7 nitrogen and oxygen atoms in total. The van der Waals surface area contributed by atoms with E-state index in [1.54, 1.807) is 19.1 Å². The summed E-state index contributed by atoms with van der Waals surface area (Å²) >= 11 is 12.6. The molecule has 1 unspecified atom stereocenters. The van der Waals surface area contributed by atoms with Gasteiger partial charge in [0.15, 0.2) is 10.2 Å². The van der Waals surface area contributed by atoms with E-state index >= 15 is 0 Å². The van der Waals surface area contributed by atoms with Crippen molar-refractivity contribution in [2.45, 2.75) is 29.1 Å². The second-order valence-electron chi connectivity index (χ2n) is 5.10. The van der Waals surface area contributed by atoms with E-state index in [9.17, 15) is 10.2 Å². The van der Waals surface area contributed by atoms with Gasteiger partial charge in [-0.3, -0.25) is 0 Å². The first-order chi connectivity index (χ1) is 9.83. The number of anilines is 1. The summed E-state index contributed by atoms with van der Waals surface area (Å²) in [4.78, 5) is 3.90. The van der Waals surface area contributed by atoms with Crippen molar-refractivity contribution in [3.05, 3.63) is 24.2 Å². The summed E-state index contributed by atoms with van der Waals surface area (Å²) in [6.07, 6.45) is -0.843. The topological polar surface area (TPSA) is 106 Å². The maximum absolute atomic E-state index is 10.2. The summed E-state index contributed by atoms with van der Waals surface area (Å²) in [5.41, 5.74) is 5.59. The fourth-order valence-corrected chi connectivity index (χ4v) is 3.21. The zero-order valence-electron chi connectivity index (χ0n) is 11.1. The maximum atomic E-state index is 10.2. The number of hydrogen-bond acceptors (Lipinski definition) is 6. The molecule has 114 valence electrons. The van der Waals surface area contributed by atoms with Crippen molar-refractivity contribution in [3.8, 4) is 0 Å². The van der Waals surface area contributed by atoms with Crippen LogP contribution in [0.4, 0.5) is 5.82 Å². The third-order valence-electron chi connectivity index (χ3n) is 3.90. The average molecular weight is 333 g/mol. The predicted molar refractivity (Wildman–Crippen MR) is 77.2 cm³/mol. The molecule has 2 aromatic rings. The van der Waals surface area contributed by atoms with Gasteiger partial charge in [-0.25, -0.2) is 9.50 Å². The lowest BCUT2D eigenvalue weighted by molar-refractivity contribution is -0.0703. The van der Waals surface area contributed by atoms with E-state index < -0.39 is 28.7 Å². The highest BCUT2D eigenvalue weighted by molar-refractivity contribution is 6.50. The lowest BCUT2D eigenvalue weighted by Crippen LogP contribution is -2.44. The molecule has 0 aromatic carbocycles. The Hall–Kier alpha value is -1.12. The smallest absolute Gasteiger partial charge is 0.180 e. The van der Waals surface area contributed by atoms with Gasteiger partial charge in [-0.2, -0.15) is 5.10 Å². The molecule has 0 saturated carbocycles. The monoisotopic (exact) mass is 332 g/mol. The number of ether oxygens (including phenoxy) is 1. The fraction of sp³-hybridized carbons (Fsp3) is 0.500. The molecular formula is C12H14Cl2N4O3. The van der Waals surface area contributed by atoms with Crippen LogP contribution in [0, 0.1) is 0 Å². The van der Waals surface area contributed by atoms with Crippen molar-refractivity contribution in [1.29, 1.82) is 0 Å². The molecule has 1 fully saturated rings. The molecule has 1 aliphatic heterocycles. The quantitative estimate of drug-likeness (QED) is 0.689. The van der Waals surface area contributed by atoms with E-state index in [0.29, 0.717) is 17.0 Å². The Kier molecular flexibility index (Phi) is 3.30. The minimum atomic E-state index is -1.66. The summed E-state index contributed by atoms with van der Waals surface area (Å²) in [6.45, 7) is 1.23. The Bertz CT molecular complexity index is 692. The molecule has 3 heterocycles. The molecule has 1 aliphatic rings. The number of fused-ring (bicyclic) bond motifs is 1. The van der Waals surface area contributed by atoms with Crippen LogP contribution in [0.1, 0.15) is 12.6 Å². The van der Waals surface area contributed by atoms with Crippen LogP contribution in [0.25, 0.3) is 5.52 Å². The molecule has 9 heteroatoms. The van der Waals surface area contributed by atoms with Gasteiger partial charge in [0.25, 0.3) is 0 Å². The molecule has 0 amide bonds. The first-order valence-electron chi connectivity index (χ1n) is 6.26. The number of aliphatic hydroxyl groups is 2. The van der Waals surface area contributed by atoms with Crippen LogP contribution in [0.3, 0.4) is 0 Å². The van der Waals surface area contributed by atoms with Gasteiger partial charge in [-0.15, -0.1) is 0 Å². The zero-order valence-corrected chi connectivity index (χ0v) is 12.6. The normalized spacial score (nSPS) is 31.9. The van der Waals surface area contributed by atoms with Gasteiger partial charge >= 0.3 is 0 Å². The third kappa shape index (κ3) is 1.85. The van der Waals surface area contributed by atoms with Crippen LogP contribution < -0.4 is 5.73 Å². The highest BCUT2D eigenvalue weighted by Gasteiger charge is 2.63. The number of nitrogens with two attached hydrogens (primary N) is 1. The molecule has 0 spiro atoms. The van der Waals surface area contributed by atoms with Crippen LogP contribution in [0.15, 0.2) is 18.5 Å². The highest BCUT2D eigenvalue weighted by atomic mass is 35.5. The molecule has 0 bridgehead atoms. The van der Waals surface area contributed by atoms with Crippen molar-refractivity contribution in [2.24, 2.45) is 0 Å². The van der Waals surface area contributed by atoms with Crippen LogP contribution in [-0.2, 0) is 10.3 Å². The number of halogens is 2. The van der Waals surface area contributed by atoms with E-state index in [4.69, 9.17) is 33.7 Å². The number of nitrogens with zero attached hydrogens (tertiary/aromatic N) is 3. The Labute approximate surface area is 130 Å². The van der Waals surface area contributed by atoms with E-state index in [-0.39, 0.29) is 0 Å². The number of aliphatic hydroxyl groups excluding tert-OH is 2. The zero-order chi connectivity index (χ0) is 15.4. The number of nitrogen functional groups attached to an aromatic ring is 1. The predicted octanol–water partition coefficient (Wildman–Crippen LogP) is 0.453. The fourth-order valence-electron chi connectivity index (χ4n) is 2.64. The number of rotatable bonds is 2. The molecule has 0 radical (unpaired) electrons. The highest BCUT2D eigenvalue weighted by Crippen LogP contribution is 2.53. The number of hydrogen-bond donors (Lipinski definition) is 3. The minimum Gasteiger partial charge on any atom is -0.394 e. The van der Waals surface area contributed by atoms with Gasteiger partial charge in [0.2, 0.25) is 0 Å². The van der Waals surface area contributed by atoms with Crippen molar-refractivity contribution < 1.29 is 14.9 Å². The summed E-state index contributed by atoms with van der Waals surface area (Å²) in [6, 6.07) is 3.41. The van der Waals surface area contributed by atoms with E-state index in [1.807, 2.05) is 0 Å². The second-order valence-corrected chi connectivity index (χ2v) is 6.49. The standard InChI is InChI=1S/C12H14Cl2N4O3/c1-11(12(13,14)9(20)7(4-19)21-11)8-3-2-6-10(15)16-5-17-18(6)8/h2-3,5,7,9,19-20H,4H2,1H3,(H2,15,16,17)/t7-,9+,11?/m1/s1. The summed E-state index contributed by atoms with van der Waals surface area (Å²) in [5, 5.41) is 23.6. The van der Waals surface area contributed by atoms with Crippen LogP contribution >= 0.6 is 23.2 Å². The number of aromatic nitrogens is 3. The van der Waals surface area contributed by atoms with Crippen molar-refractivity contribution >= 4 is 34.5 Å². The minimum absolute atomic E-state index is 0.298. The van der Waals surface area contributed by atoms with Crippen molar-refractivity contribution in [3.63, 3.8) is 0 Å². The molecule has 3 rings (SSSR count). The average Bonchev–Trinajstić information content (AvgIpc) is 2.95. The maximum Gasteiger partial charge on any atom is 0.180 e. The largest absolute Gasteiger partial charge is 0.394 e. The van der Waals surface area contributed by atoms with Crippen LogP contribution in [0.2, 0.25) is 0 Å². The molecule has 3 atom stereocenters. The first kappa shape index (κ1) is 14.8. The van der Waals surface area contributed by atoms with Crippen molar-refractivity contribution in [1.82, 2.24) is 14.6 Å². The lowest BCUT2D eigenvalue weighted by Gasteiger charge is -2.33. The van der Waals surface area contributed by atoms with E-state index in [0.717, 1.165) is 0 Å². The van der Waals surface area contributed by atoms with Gasteiger partial charge in [-0.05, 0) is 19.1 Å². The van der Waals surface area contributed by atoms with Crippen LogP contribution in [-0.4, -0.2) is 48.0 Å². The molecule has 2 aromatic heterocycles. The van der Waals surface area contributed by atoms with Gasteiger partial charge in [0, 0.05) is 0 Å². The Morgan fingerprint density at radius 3 is 2.81 bits per heavy atom. The third-order valence-corrected chi connectivity index (χ3v) is 5.07. The summed E-state index contributed by atoms with van der Waals surface area (Å²) in [7, 11) is 0. The van der Waals surface area contributed by atoms with E-state index in [1.165, 1.54) is 10.8 Å². The Morgan fingerprint density at radius 2 is 2.19 bits per heavy atom. The van der Waals surface area contributed by atoms with Gasteiger partial charge in [0.1, 0.15) is 29.7 Å². The molecular weight excluding hydrogens is 319 g/mol. The van der Waals surface area contributed by atoms with Gasteiger partial charge in [-0.1, -0.05) is 23.2 Å². The summed E-state index contributed by atoms with van der Waals surface area (Å²) in [5.74, 6) is 0.298. The molecule has 0 aliphatic carbocycles. The molecule has 21 heavy (non-hydrogen) atoms. The Balaban J connectivity index is 2.19. The summed E-state index contributed by atoms with van der Waals surface area (Å²) < 4.78 is 5.58. The van der Waals surface area contributed by atoms with Gasteiger partial charge in [0.05, 0.1) is 12.3 Å². The molecule has 1 saturated heterocycles. The van der Waals surface area contributed by atoms with E-state index in [2.05, 4.69) is 10.1 Å². The SMILES string of the molecule is CC1(c2ccc3c(N)ncnn23)O[C@H](CO)[C@H](O)C1(Cl)Cl. The first-order valence-corrected chi connectivity index (χ1v) is 7.01. The number of alkyl halides is 2. The van der Waals surface area contributed by atoms with Crippen molar-refractivity contribution in [2.75, 3.05) is 12.3 Å². The molecule has 4 N–H and O–H groups in total. The lowest BCUT2D eigenvalue weighted by atomic mass is 9.95. The Morgan fingerprint density at radius 1 is 1.48 bits per heavy atom. The van der Waals surface area contributed by atoms with Gasteiger partial charge < -0.3 is 20.7 Å². The second kappa shape index (κ2) is 4.69. The van der Waals surface area contributed by atoms with Crippen LogP contribution in [0.5, 0.6) is 0 Å².